The minimum Gasteiger partial charge on any atom is -0.463 e. The van der Waals surface area contributed by atoms with Gasteiger partial charge in [-0.05, 0) is 61.9 Å². The SMILES string of the molecule is CCOC(=O)C1=C(C)N=c2sc(=Cc3ccc(-c4cc(Cl)ccc4Cl)o3)c(=O)n2C1c1ccc(Cl)cc1. The molecule has 2 aromatic heterocycles. The zero-order chi connectivity index (χ0) is 26.3. The Bertz CT molecular complexity index is 1730. The maximum absolute atomic E-state index is 13.7. The van der Waals surface area contributed by atoms with Crippen molar-refractivity contribution in [1.29, 1.82) is 0 Å². The van der Waals surface area contributed by atoms with Crippen LogP contribution in [0.25, 0.3) is 17.4 Å². The summed E-state index contributed by atoms with van der Waals surface area (Å²) in [7, 11) is 0. The topological polar surface area (TPSA) is 73.8 Å². The van der Waals surface area contributed by atoms with Gasteiger partial charge in [-0.15, -0.1) is 0 Å². The fourth-order valence-corrected chi connectivity index (χ4v) is 5.68. The summed E-state index contributed by atoms with van der Waals surface area (Å²) in [5, 5.41) is 1.57. The lowest BCUT2D eigenvalue weighted by molar-refractivity contribution is -0.139. The number of rotatable bonds is 5. The van der Waals surface area contributed by atoms with Crippen molar-refractivity contribution in [1.82, 2.24) is 4.57 Å². The molecule has 6 nitrogen and oxygen atoms in total. The first kappa shape index (κ1) is 25.5. The molecule has 1 aliphatic heterocycles. The summed E-state index contributed by atoms with van der Waals surface area (Å²) >= 11 is 19.7. The maximum atomic E-state index is 13.7. The van der Waals surface area contributed by atoms with Gasteiger partial charge in [-0.1, -0.05) is 58.3 Å². The number of carbonyl (C=O) groups excluding carboxylic acids is 1. The summed E-state index contributed by atoms with van der Waals surface area (Å²) in [4.78, 5) is 31.7. The molecule has 0 bridgehead atoms. The average Bonchev–Trinajstić information content (AvgIpc) is 3.45. The van der Waals surface area contributed by atoms with E-state index in [2.05, 4.69) is 4.99 Å². The molecular weight excluding hydrogens is 555 g/mol. The molecule has 0 amide bonds. The molecule has 0 fully saturated rings. The van der Waals surface area contributed by atoms with Gasteiger partial charge < -0.3 is 9.15 Å². The largest absolute Gasteiger partial charge is 0.463 e. The van der Waals surface area contributed by atoms with Crippen LogP contribution in [0.4, 0.5) is 0 Å². The van der Waals surface area contributed by atoms with Gasteiger partial charge in [0.15, 0.2) is 4.80 Å². The van der Waals surface area contributed by atoms with E-state index in [0.29, 0.717) is 58.3 Å². The van der Waals surface area contributed by atoms with Crippen LogP contribution in [0.5, 0.6) is 0 Å². The van der Waals surface area contributed by atoms with Crippen molar-refractivity contribution in [3.05, 3.63) is 112 Å². The van der Waals surface area contributed by atoms with Gasteiger partial charge in [0.1, 0.15) is 11.5 Å². The van der Waals surface area contributed by atoms with E-state index < -0.39 is 12.0 Å². The minimum absolute atomic E-state index is 0.199. The van der Waals surface area contributed by atoms with Gasteiger partial charge in [0, 0.05) is 21.7 Å². The van der Waals surface area contributed by atoms with Crippen LogP contribution in [-0.4, -0.2) is 17.1 Å². The number of esters is 1. The Kier molecular flexibility index (Phi) is 7.14. The van der Waals surface area contributed by atoms with Crippen LogP contribution in [0.1, 0.15) is 31.2 Å². The highest BCUT2D eigenvalue weighted by Crippen LogP contribution is 2.33. The van der Waals surface area contributed by atoms with Gasteiger partial charge in [-0.3, -0.25) is 9.36 Å². The third kappa shape index (κ3) is 4.92. The Morgan fingerprint density at radius 1 is 1.11 bits per heavy atom. The van der Waals surface area contributed by atoms with Gasteiger partial charge in [0.05, 0.1) is 33.5 Å². The Balaban J connectivity index is 1.64. The second-order valence-electron chi connectivity index (χ2n) is 8.18. The predicted octanol–water partition coefficient (Wildman–Crippen LogP) is 6.02. The maximum Gasteiger partial charge on any atom is 0.338 e. The van der Waals surface area contributed by atoms with Crippen LogP contribution in [0.15, 0.2) is 80.1 Å². The normalized spacial score (nSPS) is 15.5. The molecule has 1 atom stereocenters. The van der Waals surface area contributed by atoms with Crippen LogP contribution >= 0.6 is 46.1 Å². The number of fused-ring (bicyclic) bond motifs is 1. The number of aromatic nitrogens is 1. The number of allylic oxidation sites excluding steroid dienone is 1. The van der Waals surface area contributed by atoms with Crippen molar-refractivity contribution in [3.8, 4) is 11.3 Å². The fourth-order valence-electron chi connectivity index (χ4n) is 4.14. The number of thiazole rings is 1. The van der Waals surface area contributed by atoms with E-state index in [1.54, 1.807) is 74.5 Å². The second kappa shape index (κ2) is 10.3. The van der Waals surface area contributed by atoms with Crippen molar-refractivity contribution in [2.75, 3.05) is 6.61 Å². The highest BCUT2D eigenvalue weighted by Gasteiger charge is 2.33. The Morgan fingerprint density at radius 2 is 1.84 bits per heavy atom. The number of nitrogens with zero attached hydrogens (tertiary/aromatic N) is 2. The number of ether oxygens (including phenoxy) is 1. The molecule has 2 aromatic carbocycles. The number of halogens is 3. The van der Waals surface area contributed by atoms with Crippen molar-refractivity contribution in [2.24, 2.45) is 4.99 Å². The molecule has 0 saturated heterocycles. The van der Waals surface area contributed by atoms with Gasteiger partial charge in [0.25, 0.3) is 5.56 Å². The van der Waals surface area contributed by atoms with E-state index in [1.807, 2.05) is 0 Å². The monoisotopic (exact) mass is 572 g/mol. The molecule has 0 aliphatic carbocycles. The summed E-state index contributed by atoms with van der Waals surface area (Å²) in [5.74, 6) is 0.457. The summed E-state index contributed by atoms with van der Waals surface area (Å²) in [6.07, 6.45) is 1.65. The molecule has 5 rings (SSSR count). The first-order valence-corrected chi connectivity index (χ1v) is 13.2. The number of furan rings is 1. The molecule has 0 saturated carbocycles. The van der Waals surface area contributed by atoms with E-state index in [1.165, 1.54) is 15.9 Å². The molecule has 0 radical (unpaired) electrons. The zero-order valence-electron chi connectivity index (χ0n) is 19.6. The van der Waals surface area contributed by atoms with Crippen LogP contribution < -0.4 is 14.9 Å². The van der Waals surface area contributed by atoms with E-state index in [-0.39, 0.29) is 12.2 Å². The quantitative estimate of drug-likeness (QED) is 0.274. The van der Waals surface area contributed by atoms with E-state index in [4.69, 9.17) is 44.0 Å². The minimum atomic E-state index is -0.716. The molecule has 3 heterocycles. The van der Waals surface area contributed by atoms with Crippen LogP contribution in [0.2, 0.25) is 15.1 Å². The number of benzene rings is 2. The third-order valence-corrected chi connectivity index (χ3v) is 7.60. The number of carbonyl (C=O) groups is 1. The van der Waals surface area contributed by atoms with Gasteiger partial charge >= 0.3 is 5.97 Å². The number of hydrogen-bond acceptors (Lipinski definition) is 6. The highest BCUT2D eigenvalue weighted by atomic mass is 35.5. The highest BCUT2D eigenvalue weighted by molar-refractivity contribution is 7.07. The van der Waals surface area contributed by atoms with Crippen LogP contribution in [0.3, 0.4) is 0 Å². The van der Waals surface area contributed by atoms with E-state index in [0.717, 1.165) is 0 Å². The molecular formula is C27H19Cl3N2O4S. The predicted molar refractivity (Wildman–Crippen MR) is 146 cm³/mol. The van der Waals surface area contributed by atoms with Crippen molar-refractivity contribution >= 4 is 58.2 Å². The van der Waals surface area contributed by atoms with Gasteiger partial charge in [-0.25, -0.2) is 9.79 Å². The summed E-state index contributed by atoms with van der Waals surface area (Å²) in [6, 6.07) is 14.9. The van der Waals surface area contributed by atoms with E-state index >= 15 is 0 Å². The van der Waals surface area contributed by atoms with Crippen molar-refractivity contribution in [3.63, 3.8) is 0 Å². The van der Waals surface area contributed by atoms with Gasteiger partial charge in [-0.2, -0.15) is 0 Å². The zero-order valence-corrected chi connectivity index (χ0v) is 22.7. The lowest BCUT2D eigenvalue weighted by atomic mass is 9.96. The lowest BCUT2D eigenvalue weighted by Gasteiger charge is -2.24. The first-order valence-electron chi connectivity index (χ1n) is 11.3. The molecule has 4 aromatic rings. The van der Waals surface area contributed by atoms with Gasteiger partial charge in [0.2, 0.25) is 0 Å². The molecule has 10 heteroatoms. The first-order chi connectivity index (χ1) is 17.8. The van der Waals surface area contributed by atoms with Crippen molar-refractivity contribution in [2.45, 2.75) is 19.9 Å². The Morgan fingerprint density at radius 3 is 2.57 bits per heavy atom. The summed E-state index contributed by atoms with van der Waals surface area (Å²) in [5.41, 5.74) is 1.84. The molecule has 0 spiro atoms. The van der Waals surface area contributed by atoms with E-state index in [9.17, 15) is 9.59 Å². The Labute approximate surface area is 230 Å². The lowest BCUT2D eigenvalue weighted by Crippen LogP contribution is -2.39. The molecule has 37 heavy (non-hydrogen) atoms. The molecule has 188 valence electrons. The molecule has 1 aliphatic rings. The average molecular weight is 574 g/mol. The third-order valence-electron chi connectivity index (χ3n) is 5.80. The molecule has 1 unspecified atom stereocenters. The number of hydrogen-bond donors (Lipinski definition) is 0. The fraction of sp³-hybridized carbons (Fsp3) is 0.148. The summed E-state index contributed by atoms with van der Waals surface area (Å²) in [6.45, 7) is 3.67. The standard InChI is InChI=1S/C27H19Cl3N2O4S/c1-3-35-26(34)23-14(2)31-27-32(24(23)15-4-6-16(28)7-5-15)25(33)22(37-27)13-18-9-11-21(36-18)19-12-17(29)8-10-20(19)30/h4-13,24H,3H2,1-2H3. The Hall–Kier alpha value is -3.10. The smallest absolute Gasteiger partial charge is 0.338 e. The summed E-state index contributed by atoms with van der Waals surface area (Å²) < 4.78 is 13.2. The van der Waals surface area contributed by atoms with Crippen molar-refractivity contribution < 1.29 is 13.9 Å². The molecule has 0 N–H and O–H groups in total. The van der Waals surface area contributed by atoms with Crippen LogP contribution in [0, 0.1) is 0 Å². The van der Waals surface area contributed by atoms with Crippen LogP contribution in [-0.2, 0) is 9.53 Å². The second-order valence-corrected chi connectivity index (χ2v) is 10.5.